The molecular formula is C13H10N4OS2. The van der Waals surface area contributed by atoms with Crippen molar-refractivity contribution < 1.29 is 4.79 Å². The Balaban J connectivity index is 1.82. The zero-order valence-electron chi connectivity index (χ0n) is 10.2. The minimum atomic E-state index is -0.156. The van der Waals surface area contributed by atoms with Crippen LogP contribution in [0.3, 0.4) is 0 Å². The number of anilines is 1. The van der Waals surface area contributed by atoms with Crippen LogP contribution in [0.1, 0.15) is 4.88 Å². The molecule has 1 aliphatic rings. The minimum absolute atomic E-state index is 0.156. The van der Waals surface area contributed by atoms with Gasteiger partial charge in [-0.05, 0) is 30.0 Å². The average Bonchev–Trinajstić information content (AvgIpc) is 2.98. The number of aliphatic imine (C=N–C) groups is 1. The Labute approximate surface area is 123 Å². The molecule has 0 aliphatic carbocycles. The number of carbonyl (C=O) groups is 1. The highest BCUT2D eigenvalue weighted by Gasteiger charge is 2.23. The molecular weight excluding hydrogens is 292 g/mol. The van der Waals surface area contributed by atoms with Gasteiger partial charge in [-0.2, -0.15) is 0 Å². The molecule has 7 heteroatoms. The molecule has 2 heterocycles. The van der Waals surface area contributed by atoms with Gasteiger partial charge < -0.3 is 11.1 Å². The summed E-state index contributed by atoms with van der Waals surface area (Å²) >= 11 is 2.65. The number of nitrogens with two attached hydrogens (primary N) is 1. The molecule has 1 aromatic carbocycles. The number of hydrogen-bond acceptors (Lipinski definition) is 6. The van der Waals surface area contributed by atoms with Crippen molar-refractivity contribution in [3.63, 3.8) is 0 Å². The SMILES string of the molecule is Nc1ncc(C=C2SC(=Nc3ccccc3)NC2=O)s1. The number of nitrogens with zero attached hydrogens (tertiary/aromatic N) is 2. The number of thioether (sulfide) groups is 1. The first kappa shape index (κ1) is 12.9. The van der Waals surface area contributed by atoms with Crippen LogP contribution >= 0.6 is 23.1 Å². The summed E-state index contributed by atoms with van der Waals surface area (Å²) in [4.78, 5) is 21.6. The van der Waals surface area contributed by atoms with E-state index >= 15 is 0 Å². The predicted molar refractivity (Wildman–Crippen MR) is 83.8 cm³/mol. The first-order valence-corrected chi connectivity index (χ1v) is 7.40. The summed E-state index contributed by atoms with van der Waals surface area (Å²) in [5, 5.41) is 3.80. The summed E-state index contributed by atoms with van der Waals surface area (Å²) in [6.07, 6.45) is 3.41. The van der Waals surface area contributed by atoms with Gasteiger partial charge >= 0.3 is 0 Å². The molecule has 20 heavy (non-hydrogen) atoms. The fraction of sp³-hybridized carbons (Fsp3) is 0. The van der Waals surface area contributed by atoms with Gasteiger partial charge in [-0.15, -0.1) is 0 Å². The lowest BCUT2D eigenvalue weighted by Crippen LogP contribution is -2.19. The Bertz CT molecular complexity index is 706. The molecule has 1 saturated heterocycles. The fourth-order valence-electron chi connectivity index (χ4n) is 1.60. The minimum Gasteiger partial charge on any atom is -0.375 e. The van der Waals surface area contributed by atoms with Crippen molar-refractivity contribution in [3.05, 3.63) is 46.3 Å². The molecule has 1 aliphatic heterocycles. The quantitative estimate of drug-likeness (QED) is 0.836. The van der Waals surface area contributed by atoms with Gasteiger partial charge in [-0.1, -0.05) is 29.5 Å². The van der Waals surface area contributed by atoms with E-state index in [1.807, 2.05) is 30.3 Å². The molecule has 2 aromatic rings. The number of carbonyl (C=O) groups excluding carboxylic acids is 1. The van der Waals surface area contributed by atoms with Crippen LogP contribution in [0, 0.1) is 0 Å². The molecule has 0 spiro atoms. The molecule has 5 nitrogen and oxygen atoms in total. The van der Waals surface area contributed by atoms with Gasteiger partial charge in [0.15, 0.2) is 10.3 Å². The third-order valence-corrected chi connectivity index (χ3v) is 4.14. The highest BCUT2D eigenvalue weighted by Crippen LogP contribution is 2.29. The molecule has 0 atom stereocenters. The maximum absolute atomic E-state index is 11.9. The molecule has 0 saturated carbocycles. The van der Waals surface area contributed by atoms with E-state index in [2.05, 4.69) is 15.3 Å². The van der Waals surface area contributed by atoms with Crippen LogP contribution in [-0.4, -0.2) is 16.1 Å². The van der Waals surface area contributed by atoms with Gasteiger partial charge in [-0.3, -0.25) is 4.79 Å². The van der Waals surface area contributed by atoms with Crippen molar-refractivity contribution in [2.24, 2.45) is 4.99 Å². The van der Waals surface area contributed by atoms with E-state index in [1.54, 1.807) is 12.3 Å². The van der Waals surface area contributed by atoms with Crippen molar-refractivity contribution >= 4 is 51.1 Å². The first-order valence-electron chi connectivity index (χ1n) is 5.77. The number of nitrogens with one attached hydrogen (secondary N) is 1. The summed E-state index contributed by atoms with van der Waals surface area (Å²) in [7, 11) is 0. The topological polar surface area (TPSA) is 80.4 Å². The van der Waals surface area contributed by atoms with Crippen molar-refractivity contribution in [1.29, 1.82) is 0 Å². The largest absolute Gasteiger partial charge is 0.375 e. The summed E-state index contributed by atoms with van der Waals surface area (Å²) in [6.45, 7) is 0. The summed E-state index contributed by atoms with van der Waals surface area (Å²) in [5.74, 6) is -0.156. The monoisotopic (exact) mass is 302 g/mol. The van der Waals surface area contributed by atoms with Gasteiger partial charge in [0.1, 0.15) is 0 Å². The van der Waals surface area contributed by atoms with E-state index in [1.165, 1.54) is 23.1 Å². The standard InChI is InChI=1S/C13H10N4OS2/c14-12-15-7-9(19-12)6-10-11(18)17-13(20-10)16-8-4-2-1-3-5-8/h1-7H,(H2,14,15)(H,16,17,18). The van der Waals surface area contributed by atoms with Crippen LogP contribution in [0.2, 0.25) is 0 Å². The highest BCUT2D eigenvalue weighted by atomic mass is 32.2. The van der Waals surface area contributed by atoms with Crippen molar-refractivity contribution in [3.8, 4) is 0 Å². The average molecular weight is 302 g/mol. The smallest absolute Gasteiger partial charge is 0.264 e. The predicted octanol–water partition coefficient (Wildman–Crippen LogP) is 2.62. The van der Waals surface area contributed by atoms with Gasteiger partial charge in [0.25, 0.3) is 5.91 Å². The summed E-state index contributed by atoms with van der Waals surface area (Å²) < 4.78 is 0. The summed E-state index contributed by atoms with van der Waals surface area (Å²) in [5.41, 5.74) is 6.37. The van der Waals surface area contributed by atoms with Crippen LogP contribution < -0.4 is 11.1 Å². The first-order chi connectivity index (χ1) is 9.70. The molecule has 3 rings (SSSR count). The highest BCUT2D eigenvalue weighted by molar-refractivity contribution is 8.18. The zero-order chi connectivity index (χ0) is 13.9. The lowest BCUT2D eigenvalue weighted by molar-refractivity contribution is -0.115. The third kappa shape index (κ3) is 2.89. The normalized spacial score (nSPS) is 18.7. The maximum Gasteiger partial charge on any atom is 0.264 e. The lowest BCUT2D eigenvalue weighted by Gasteiger charge is -1.94. The third-order valence-electron chi connectivity index (χ3n) is 2.45. The second-order valence-electron chi connectivity index (χ2n) is 3.92. The van der Waals surface area contributed by atoms with Crippen molar-refractivity contribution in [2.45, 2.75) is 0 Å². The number of rotatable bonds is 2. The number of amides is 1. The Morgan fingerprint density at radius 3 is 2.80 bits per heavy atom. The maximum atomic E-state index is 11.9. The second-order valence-corrected chi connectivity index (χ2v) is 6.04. The van der Waals surface area contributed by atoms with E-state index in [0.717, 1.165) is 10.6 Å². The van der Waals surface area contributed by atoms with Gasteiger partial charge in [0.05, 0.1) is 15.5 Å². The number of hydrogen-bond donors (Lipinski definition) is 2. The molecule has 0 radical (unpaired) electrons. The molecule has 1 fully saturated rings. The molecule has 1 aromatic heterocycles. The Morgan fingerprint density at radius 2 is 2.10 bits per heavy atom. The van der Waals surface area contributed by atoms with E-state index in [-0.39, 0.29) is 5.91 Å². The molecule has 3 N–H and O–H groups in total. The van der Waals surface area contributed by atoms with Crippen LogP contribution in [0.25, 0.3) is 6.08 Å². The fourth-order valence-corrected chi connectivity index (χ4v) is 3.13. The Morgan fingerprint density at radius 1 is 1.30 bits per heavy atom. The Hall–Kier alpha value is -2.12. The molecule has 1 amide bonds. The van der Waals surface area contributed by atoms with Crippen molar-refractivity contribution in [2.75, 3.05) is 5.73 Å². The number of para-hydroxylation sites is 1. The van der Waals surface area contributed by atoms with E-state index in [9.17, 15) is 4.79 Å². The van der Waals surface area contributed by atoms with Crippen LogP contribution in [0.5, 0.6) is 0 Å². The van der Waals surface area contributed by atoms with Gasteiger partial charge in [-0.25, -0.2) is 9.98 Å². The van der Waals surface area contributed by atoms with Crippen LogP contribution in [0.15, 0.2) is 46.4 Å². The van der Waals surface area contributed by atoms with Crippen molar-refractivity contribution in [1.82, 2.24) is 10.3 Å². The number of nitrogen functional groups attached to an aromatic ring is 1. The van der Waals surface area contributed by atoms with Crippen LogP contribution in [-0.2, 0) is 4.79 Å². The molecule has 0 unspecified atom stereocenters. The van der Waals surface area contributed by atoms with E-state index in [0.29, 0.717) is 15.2 Å². The number of aromatic nitrogens is 1. The molecule has 0 bridgehead atoms. The number of amidine groups is 1. The summed E-state index contributed by atoms with van der Waals surface area (Å²) in [6, 6.07) is 9.48. The van der Waals surface area contributed by atoms with Gasteiger partial charge in [0, 0.05) is 6.20 Å². The number of thiazole rings is 1. The van der Waals surface area contributed by atoms with Gasteiger partial charge in [0.2, 0.25) is 0 Å². The Kier molecular flexibility index (Phi) is 3.53. The number of benzene rings is 1. The lowest BCUT2D eigenvalue weighted by atomic mass is 10.3. The van der Waals surface area contributed by atoms with Crippen LogP contribution in [0.4, 0.5) is 10.8 Å². The zero-order valence-corrected chi connectivity index (χ0v) is 11.9. The van der Waals surface area contributed by atoms with E-state index < -0.39 is 0 Å². The van der Waals surface area contributed by atoms with E-state index in [4.69, 9.17) is 5.73 Å². The molecule has 100 valence electrons. The second kappa shape index (κ2) is 5.48.